The molecule has 1 aromatic heterocycles. The van der Waals surface area contributed by atoms with Gasteiger partial charge >= 0.3 is 0 Å². The van der Waals surface area contributed by atoms with Crippen molar-refractivity contribution in [3.8, 4) is 11.5 Å². The van der Waals surface area contributed by atoms with E-state index in [0.717, 1.165) is 29.4 Å². The quantitative estimate of drug-likeness (QED) is 0.691. The number of para-hydroxylation sites is 1. The molecule has 148 valence electrons. The molecule has 0 bridgehead atoms. The average Bonchev–Trinajstić information content (AvgIpc) is 3.40. The number of rotatable bonds is 4. The molecule has 0 radical (unpaired) electrons. The van der Waals surface area contributed by atoms with Crippen molar-refractivity contribution in [2.45, 2.75) is 19.3 Å². The van der Waals surface area contributed by atoms with Crippen LogP contribution in [0.1, 0.15) is 28.9 Å². The number of ketones is 1. The van der Waals surface area contributed by atoms with Gasteiger partial charge in [0.25, 0.3) is 0 Å². The van der Waals surface area contributed by atoms with Crippen LogP contribution in [0, 0.1) is 5.92 Å². The Morgan fingerprint density at radius 2 is 2.00 bits per heavy atom. The van der Waals surface area contributed by atoms with Gasteiger partial charge in [-0.1, -0.05) is 18.2 Å². The van der Waals surface area contributed by atoms with E-state index in [1.165, 1.54) is 0 Å². The number of carbonyl (C=O) groups excluding carboxylic acids is 2. The second-order valence-electron chi connectivity index (χ2n) is 7.51. The third-order valence-electron chi connectivity index (χ3n) is 5.67. The van der Waals surface area contributed by atoms with E-state index in [-0.39, 0.29) is 30.8 Å². The molecule has 2 aliphatic rings. The summed E-state index contributed by atoms with van der Waals surface area (Å²) < 4.78 is 10.7. The number of hydrogen-bond acceptors (Lipinski definition) is 5. The van der Waals surface area contributed by atoms with Gasteiger partial charge in [0.1, 0.15) is 0 Å². The third-order valence-corrected chi connectivity index (χ3v) is 5.67. The molecule has 0 aliphatic carbocycles. The normalized spacial score (nSPS) is 18.2. The number of aromatic nitrogens is 2. The molecule has 7 nitrogen and oxygen atoms in total. The summed E-state index contributed by atoms with van der Waals surface area (Å²) in [6, 6.07) is 13.0. The lowest BCUT2D eigenvalue weighted by Crippen LogP contribution is -2.43. The molecule has 1 amide bonds. The first-order valence-corrected chi connectivity index (χ1v) is 9.82. The van der Waals surface area contributed by atoms with Crippen LogP contribution in [-0.2, 0) is 11.2 Å². The van der Waals surface area contributed by atoms with E-state index >= 15 is 0 Å². The van der Waals surface area contributed by atoms with Gasteiger partial charge in [-0.25, -0.2) is 0 Å². The summed E-state index contributed by atoms with van der Waals surface area (Å²) in [6.45, 7) is 1.30. The number of H-pyrrole nitrogens is 1. The van der Waals surface area contributed by atoms with Crippen molar-refractivity contribution in [3.05, 3.63) is 53.7 Å². The molecule has 1 N–H and O–H groups in total. The van der Waals surface area contributed by atoms with Gasteiger partial charge in [0.05, 0.1) is 17.6 Å². The Labute approximate surface area is 167 Å². The lowest BCUT2D eigenvalue weighted by Gasteiger charge is -2.32. The highest BCUT2D eigenvalue weighted by atomic mass is 16.7. The largest absolute Gasteiger partial charge is 0.454 e. The standard InChI is InChI=1S/C22H21N3O4/c26-21(11-18-16-5-1-2-6-17(16)23-24-18)25-9-3-4-15(12-25)22(27)14-7-8-19-20(10-14)29-13-28-19/h1-2,5-8,10,15H,3-4,9,11-13H2,(H,23,24). The zero-order valence-electron chi connectivity index (χ0n) is 15.9. The summed E-state index contributed by atoms with van der Waals surface area (Å²) >= 11 is 0. The van der Waals surface area contributed by atoms with Gasteiger partial charge in [-0.05, 0) is 37.1 Å². The fourth-order valence-corrected chi connectivity index (χ4v) is 4.12. The van der Waals surface area contributed by atoms with Crippen LogP contribution in [0.2, 0.25) is 0 Å². The number of Topliss-reactive ketones (excluding diaryl/α,β-unsaturated/α-hetero) is 1. The van der Waals surface area contributed by atoms with Crippen LogP contribution in [0.5, 0.6) is 11.5 Å². The molecule has 3 heterocycles. The Bertz CT molecular complexity index is 1090. The monoisotopic (exact) mass is 391 g/mol. The van der Waals surface area contributed by atoms with Crippen molar-refractivity contribution in [1.29, 1.82) is 0 Å². The molecule has 1 fully saturated rings. The number of piperidine rings is 1. The van der Waals surface area contributed by atoms with Gasteiger partial charge in [0, 0.05) is 30.0 Å². The zero-order chi connectivity index (χ0) is 19.8. The number of likely N-dealkylation sites (tertiary alicyclic amines) is 1. The highest BCUT2D eigenvalue weighted by Gasteiger charge is 2.30. The molecule has 0 spiro atoms. The zero-order valence-corrected chi connectivity index (χ0v) is 15.9. The molecule has 1 atom stereocenters. The van der Waals surface area contributed by atoms with Crippen LogP contribution in [0.3, 0.4) is 0 Å². The van der Waals surface area contributed by atoms with Crippen LogP contribution < -0.4 is 9.47 Å². The van der Waals surface area contributed by atoms with Gasteiger partial charge < -0.3 is 14.4 Å². The Morgan fingerprint density at radius 3 is 2.93 bits per heavy atom. The van der Waals surface area contributed by atoms with Gasteiger partial charge in [-0.2, -0.15) is 5.10 Å². The summed E-state index contributed by atoms with van der Waals surface area (Å²) in [7, 11) is 0. The van der Waals surface area contributed by atoms with E-state index in [9.17, 15) is 9.59 Å². The highest BCUT2D eigenvalue weighted by molar-refractivity contribution is 5.99. The summed E-state index contributed by atoms with van der Waals surface area (Å²) in [5, 5.41) is 8.20. The SMILES string of the molecule is O=C(c1ccc2c(c1)OCO2)C1CCCN(C(=O)Cc2[nH]nc3ccccc23)C1. The molecule has 7 heteroatoms. The lowest BCUT2D eigenvalue weighted by molar-refractivity contribution is -0.131. The maximum Gasteiger partial charge on any atom is 0.231 e. The minimum atomic E-state index is -0.202. The first-order valence-electron chi connectivity index (χ1n) is 9.82. The van der Waals surface area contributed by atoms with Crippen molar-refractivity contribution in [1.82, 2.24) is 15.1 Å². The molecule has 1 unspecified atom stereocenters. The van der Waals surface area contributed by atoms with Crippen molar-refractivity contribution in [3.63, 3.8) is 0 Å². The predicted octanol–water partition coefficient (Wildman–Crippen LogP) is 2.96. The Kier molecular flexibility index (Phi) is 4.42. The molecule has 0 saturated carbocycles. The van der Waals surface area contributed by atoms with Crippen LogP contribution in [0.25, 0.3) is 10.9 Å². The van der Waals surface area contributed by atoms with Crippen LogP contribution in [-0.4, -0.2) is 46.7 Å². The summed E-state index contributed by atoms with van der Waals surface area (Å²) in [4.78, 5) is 27.7. The maximum atomic E-state index is 13.0. The van der Waals surface area contributed by atoms with Crippen molar-refractivity contribution in [2.75, 3.05) is 19.9 Å². The summed E-state index contributed by atoms with van der Waals surface area (Å²) in [5.74, 6) is 1.13. The minimum absolute atomic E-state index is 0.0163. The number of hydrogen-bond donors (Lipinski definition) is 1. The van der Waals surface area contributed by atoms with Crippen LogP contribution in [0.15, 0.2) is 42.5 Å². The number of ether oxygens (including phenoxy) is 2. The van der Waals surface area contributed by atoms with Crippen LogP contribution in [0.4, 0.5) is 0 Å². The Hall–Kier alpha value is -3.35. The van der Waals surface area contributed by atoms with E-state index in [1.807, 2.05) is 24.3 Å². The van der Waals surface area contributed by atoms with E-state index in [0.29, 0.717) is 30.2 Å². The highest BCUT2D eigenvalue weighted by Crippen LogP contribution is 2.34. The fourth-order valence-electron chi connectivity index (χ4n) is 4.12. The first kappa shape index (κ1) is 17.7. The molecular formula is C22H21N3O4. The van der Waals surface area contributed by atoms with Crippen molar-refractivity contribution < 1.29 is 19.1 Å². The average molecular weight is 391 g/mol. The molecule has 5 rings (SSSR count). The number of carbonyl (C=O) groups is 2. The number of nitrogens with one attached hydrogen (secondary N) is 1. The molecule has 1 saturated heterocycles. The molecule has 2 aliphatic heterocycles. The summed E-state index contributed by atoms with van der Waals surface area (Å²) in [5.41, 5.74) is 2.27. The Morgan fingerprint density at radius 1 is 1.14 bits per heavy atom. The number of amides is 1. The van der Waals surface area contributed by atoms with Crippen LogP contribution >= 0.6 is 0 Å². The number of fused-ring (bicyclic) bond motifs is 2. The lowest BCUT2D eigenvalue weighted by atomic mass is 9.89. The number of benzene rings is 2. The van der Waals surface area contributed by atoms with Crippen molar-refractivity contribution in [2.24, 2.45) is 5.92 Å². The molecular weight excluding hydrogens is 370 g/mol. The van der Waals surface area contributed by atoms with E-state index < -0.39 is 0 Å². The van der Waals surface area contributed by atoms with Gasteiger partial charge in [0.15, 0.2) is 17.3 Å². The van der Waals surface area contributed by atoms with Gasteiger partial charge in [-0.15, -0.1) is 0 Å². The van der Waals surface area contributed by atoms with Gasteiger partial charge in [0.2, 0.25) is 12.7 Å². The predicted molar refractivity (Wildman–Crippen MR) is 106 cm³/mol. The smallest absolute Gasteiger partial charge is 0.231 e. The number of nitrogens with zero attached hydrogens (tertiary/aromatic N) is 2. The molecule has 3 aromatic rings. The van der Waals surface area contributed by atoms with E-state index in [1.54, 1.807) is 23.1 Å². The fraction of sp³-hybridized carbons (Fsp3) is 0.318. The summed E-state index contributed by atoms with van der Waals surface area (Å²) in [6.07, 6.45) is 1.85. The van der Waals surface area contributed by atoms with E-state index in [4.69, 9.17) is 9.47 Å². The molecule has 29 heavy (non-hydrogen) atoms. The third kappa shape index (κ3) is 3.33. The van der Waals surface area contributed by atoms with Crippen molar-refractivity contribution >= 4 is 22.6 Å². The second-order valence-corrected chi connectivity index (χ2v) is 7.51. The molecule has 2 aromatic carbocycles. The van der Waals surface area contributed by atoms with E-state index in [2.05, 4.69) is 10.2 Å². The Balaban J connectivity index is 1.28. The maximum absolute atomic E-state index is 13.0. The first-order chi connectivity index (χ1) is 14.2. The minimum Gasteiger partial charge on any atom is -0.454 e. The number of aromatic amines is 1. The van der Waals surface area contributed by atoms with Gasteiger partial charge in [-0.3, -0.25) is 14.7 Å². The second kappa shape index (κ2) is 7.24. The topological polar surface area (TPSA) is 84.5 Å².